The number of benzene rings is 1. The zero-order valence-corrected chi connectivity index (χ0v) is 18.6. The van der Waals surface area contributed by atoms with Crippen LogP contribution in [0.2, 0.25) is 0 Å². The molecule has 3 rings (SSSR count). The number of halogens is 1. The van der Waals surface area contributed by atoms with Crippen LogP contribution in [-0.2, 0) is 16.1 Å². The largest absolute Gasteiger partial charge is 0.381 e. The molecule has 0 bridgehead atoms. The zero-order chi connectivity index (χ0) is 18.4. The van der Waals surface area contributed by atoms with Gasteiger partial charge in [0.15, 0.2) is 5.96 Å². The number of ether oxygens (including phenoxy) is 1. The van der Waals surface area contributed by atoms with Gasteiger partial charge in [0.05, 0.1) is 6.61 Å². The second-order valence-corrected chi connectivity index (χ2v) is 7.37. The summed E-state index contributed by atoms with van der Waals surface area (Å²) in [6, 6.07) is 7.98. The van der Waals surface area contributed by atoms with Gasteiger partial charge in [0, 0.05) is 50.8 Å². The number of aliphatic imine (C=N–C) groups is 1. The van der Waals surface area contributed by atoms with Crippen LogP contribution in [0.5, 0.6) is 0 Å². The highest BCUT2D eigenvalue weighted by molar-refractivity contribution is 14.0. The summed E-state index contributed by atoms with van der Waals surface area (Å²) in [7, 11) is 1.83. The van der Waals surface area contributed by atoms with Crippen LogP contribution >= 0.6 is 24.0 Å². The van der Waals surface area contributed by atoms with Crippen LogP contribution in [0.4, 0.5) is 5.69 Å². The number of likely N-dealkylation sites (tertiary alicyclic amines) is 1. The van der Waals surface area contributed by atoms with Crippen molar-refractivity contribution in [1.82, 2.24) is 10.2 Å². The van der Waals surface area contributed by atoms with Crippen LogP contribution < -0.4 is 10.6 Å². The lowest BCUT2D eigenvalue weighted by Crippen LogP contribution is -2.41. The Kier molecular flexibility index (Phi) is 8.34. The van der Waals surface area contributed by atoms with Crippen molar-refractivity contribution in [3.63, 3.8) is 0 Å². The minimum Gasteiger partial charge on any atom is -0.381 e. The van der Waals surface area contributed by atoms with Crippen LogP contribution in [0.3, 0.4) is 0 Å². The van der Waals surface area contributed by atoms with Gasteiger partial charge in [0.1, 0.15) is 0 Å². The van der Waals surface area contributed by atoms with Gasteiger partial charge in [-0.25, -0.2) is 0 Å². The summed E-state index contributed by atoms with van der Waals surface area (Å²) in [5, 5.41) is 6.41. The molecule has 0 aromatic heterocycles. The van der Waals surface area contributed by atoms with Gasteiger partial charge >= 0.3 is 0 Å². The third-order valence-electron chi connectivity index (χ3n) is 5.27. The quantitative estimate of drug-likeness (QED) is 0.381. The van der Waals surface area contributed by atoms with Gasteiger partial charge in [-0.2, -0.15) is 0 Å². The van der Waals surface area contributed by atoms with Crippen molar-refractivity contribution in [2.75, 3.05) is 38.7 Å². The average molecular weight is 486 g/mol. The number of hydrogen-bond donors (Lipinski definition) is 2. The van der Waals surface area contributed by atoms with Crippen LogP contribution in [0.25, 0.3) is 0 Å². The van der Waals surface area contributed by atoms with E-state index in [1.807, 2.05) is 32.2 Å². The molecule has 2 heterocycles. The summed E-state index contributed by atoms with van der Waals surface area (Å²) >= 11 is 0. The molecule has 1 aromatic rings. The number of guanidine groups is 1. The fourth-order valence-electron chi connectivity index (χ4n) is 3.81. The third kappa shape index (κ3) is 5.81. The van der Waals surface area contributed by atoms with Crippen LogP contribution in [0.1, 0.15) is 38.2 Å². The molecule has 1 amide bonds. The molecular weight excluding hydrogens is 455 g/mol. The van der Waals surface area contributed by atoms with E-state index in [2.05, 4.69) is 26.6 Å². The second kappa shape index (κ2) is 10.3. The van der Waals surface area contributed by atoms with Gasteiger partial charge in [-0.3, -0.25) is 9.79 Å². The van der Waals surface area contributed by atoms with Gasteiger partial charge in [0.2, 0.25) is 5.91 Å². The van der Waals surface area contributed by atoms with E-state index in [1.165, 1.54) is 6.42 Å². The Bertz CT molecular complexity index is 659. The number of hydrogen-bond acceptors (Lipinski definition) is 3. The van der Waals surface area contributed by atoms with Gasteiger partial charge in [-0.15, -0.1) is 24.0 Å². The topological polar surface area (TPSA) is 66.0 Å². The first-order valence-electron chi connectivity index (χ1n) is 9.56. The number of nitrogens with one attached hydrogen (secondary N) is 2. The monoisotopic (exact) mass is 486 g/mol. The minimum absolute atomic E-state index is 0. The van der Waals surface area contributed by atoms with Crippen molar-refractivity contribution in [3.8, 4) is 0 Å². The highest BCUT2D eigenvalue weighted by atomic mass is 127. The lowest BCUT2D eigenvalue weighted by atomic mass is 9.87. The summed E-state index contributed by atoms with van der Waals surface area (Å²) in [5.74, 6) is 1.00. The maximum Gasteiger partial charge on any atom is 0.224 e. The first-order chi connectivity index (χ1) is 12.6. The summed E-state index contributed by atoms with van der Waals surface area (Å²) in [6.07, 6.45) is 3.73. The van der Waals surface area contributed by atoms with Crippen molar-refractivity contribution in [1.29, 1.82) is 0 Å². The molecule has 1 spiro atoms. The van der Waals surface area contributed by atoms with E-state index >= 15 is 0 Å². The van der Waals surface area contributed by atoms with Crippen LogP contribution in [0, 0.1) is 5.41 Å². The number of anilines is 1. The Morgan fingerprint density at radius 3 is 2.93 bits per heavy atom. The zero-order valence-electron chi connectivity index (χ0n) is 16.3. The van der Waals surface area contributed by atoms with Gasteiger partial charge < -0.3 is 20.3 Å². The molecule has 1 aromatic carbocycles. The molecule has 1 unspecified atom stereocenters. The summed E-state index contributed by atoms with van der Waals surface area (Å²) in [4.78, 5) is 18.6. The number of carbonyl (C=O) groups excluding carboxylic acids is 1. The fraction of sp³-hybridized carbons (Fsp3) is 0.600. The Morgan fingerprint density at radius 2 is 2.22 bits per heavy atom. The lowest BCUT2D eigenvalue weighted by molar-refractivity contribution is -0.116. The molecular formula is C20H31IN4O2. The van der Waals surface area contributed by atoms with Gasteiger partial charge in [-0.05, 0) is 37.0 Å². The van der Waals surface area contributed by atoms with Crippen molar-refractivity contribution in [2.45, 2.75) is 39.2 Å². The van der Waals surface area contributed by atoms with Crippen LogP contribution in [-0.4, -0.2) is 50.1 Å². The maximum absolute atomic E-state index is 11.8. The molecule has 2 aliphatic rings. The molecule has 6 nitrogen and oxygen atoms in total. The molecule has 27 heavy (non-hydrogen) atoms. The molecule has 0 aliphatic carbocycles. The SMILES string of the molecule is CCCC(=O)Nc1cccc(CNC(=NC)N2CCC3(CCOC3)C2)c1.I. The predicted molar refractivity (Wildman–Crippen MR) is 120 cm³/mol. The normalized spacial score (nSPS) is 22.0. The molecule has 1 atom stereocenters. The summed E-state index contributed by atoms with van der Waals surface area (Å²) in [5.41, 5.74) is 2.29. The van der Waals surface area contributed by atoms with E-state index in [-0.39, 0.29) is 29.9 Å². The molecule has 0 radical (unpaired) electrons. The molecule has 0 saturated carbocycles. The molecule has 150 valence electrons. The molecule has 2 saturated heterocycles. The average Bonchev–Trinajstić information content (AvgIpc) is 3.26. The Morgan fingerprint density at radius 1 is 1.37 bits per heavy atom. The van der Waals surface area contributed by atoms with Crippen LogP contribution in [0.15, 0.2) is 29.3 Å². The van der Waals surface area contributed by atoms with E-state index < -0.39 is 0 Å². The Balaban J connectivity index is 0.00000261. The lowest BCUT2D eigenvalue weighted by Gasteiger charge is -2.25. The third-order valence-corrected chi connectivity index (χ3v) is 5.27. The van der Waals surface area contributed by atoms with E-state index in [9.17, 15) is 4.79 Å². The number of amides is 1. The number of carbonyl (C=O) groups is 1. The maximum atomic E-state index is 11.8. The molecule has 2 N–H and O–H groups in total. The van der Waals surface area contributed by atoms with Crippen molar-refractivity contribution in [3.05, 3.63) is 29.8 Å². The van der Waals surface area contributed by atoms with E-state index in [1.54, 1.807) is 0 Å². The fourth-order valence-corrected chi connectivity index (χ4v) is 3.81. The summed E-state index contributed by atoms with van der Waals surface area (Å²) < 4.78 is 5.61. The van der Waals surface area contributed by atoms with Crippen molar-refractivity contribution < 1.29 is 9.53 Å². The molecule has 2 fully saturated rings. The second-order valence-electron chi connectivity index (χ2n) is 7.37. The smallest absolute Gasteiger partial charge is 0.224 e. The highest BCUT2D eigenvalue weighted by Crippen LogP contribution is 2.38. The molecule has 7 heteroatoms. The van der Waals surface area contributed by atoms with E-state index in [0.717, 1.165) is 56.4 Å². The minimum atomic E-state index is 0. The standard InChI is InChI=1S/C20H30N4O2.HI/c1-3-5-18(25)23-17-7-4-6-16(12-17)13-22-19(21-2)24-10-8-20(14-24)9-11-26-15-20;/h4,6-7,12H,3,5,8-11,13-15H2,1-2H3,(H,21,22)(H,23,25);1H. The first kappa shape index (κ1) is 21.9. The van der Waals surface area contributed by atoms with Crippen molar-refractivity contribution >= 4 is 41.5 Å². The van der Waals surface area contributed by atoms with Gasteiger partial charge in [-0.1, -0.05) is 19.1 Å². The van der Waals surface area contributed by atoms with E-state index in [0.29, 0.717) is 18.4 Å². The van der Waals surface area contributed by atoms with E-state index in [4.69, 9.17) is 4.74 Å². The first-order valence-corrected chi connectivity index (χ1v) is 9.56. The number of rotatable bonds is 5. The summed E-state index contributed by atoms with van der Waals surface area (Å²) in [6.45, 7) is 6.49. The Hall–Kier alpha value is -1.35. The predicted octanol–water partition coefficient (Wildman–Crippen LogP) is 3.23. The number of nitrogens with zero attached hydrogens (tertiary/aromatic N) is 2. The molecule has 2 aliphatic heterocycles. The highest BCUT2D eigenvalue weighted by Gasteiger charge is 2.42. The Labute approximate surface area is 179 Å². The van der Waals surface area contributed by atoms with Crippen molar-refractivity contribution in [2.24, 2.45) is 10.4 Å². The van der Waals surface area contributed by atoms with Gasteiger partial charge in [0.25, 0.3) is 0 Å².